The van der Waals surface area contributed by atoms with Crippen LogP contribution in [-0.4, -0.2) is 19.5 Å². The van der Waals surface area contributed by atoms with Crippen LogP contribution in [0.25, 0.3) is 0 Å². The minimum absolute atomic E-state index is 0.0365. The lowest BCUT2D eigenvalue weighted by Gasteiger charge is -2.10. The fraction of sp³-hybridized carbons (Fsp3) is 0.235. The molecule has 0 radical (unpaired) electrons. The van der Waals surface area contributed by atoms with Crippen LogP contribution in [0.1, 0.15) is 22.8 Å². The van der Waals surface area contributed by atoms with E-state index in [2.05, 4.69) is 15.9 Å². The third-order valence-corrected chi connectivity index (χ3v) is 3.75. The average molecular weight is 349 g/mol. The first-order valence-electron chi connectivity index (χ1n) is 6.73. The molecule has 0 aliphatic heterocycles. The van der Waals surface area contributed by atoms with E-state index in [-0.39, 0.29) is 5.78 Å². The van der Waals surface area contributed by atoms with Crippen LogP contribution in [0.15, 0.2) is 46.9 Å². The topological polar surface area (TPSA) is 35.5 Å². The first-order chi connectivity index (χ1) is 10.2. The van der Waals surface area contributed by atoms with E-state index < -0.39 is 0 Å². The molecule has 2 rings (SSSR count). The Morgan fingerprint density at radius 2 is 1.95 bits per heavy atom. The predicted octanol–water partition coefficient (Wildman–Crippen LogP) is 4.28. The van der Waals surface area contributed by atoms with E-state index in [1.807, 2.05) is 43.3 Å². The highest BCUT2D eigenvalue weighted by Gasteiger charge is 2.14. The molecule has 3 nitrogen and oxygen atoms in total. The minimum Gasteiger partial charge on any atom is -0.496 e. The number of hydrogen-bond donors (Lipinski definition) is 0. The lowest BCUT2D eigenvalue weighted by Crippen LogP contribution is -2.06. The monoisotopic (exact) mass is 348 g/mol. The van der Waals surface area contributed by atoms with Crippen molar-refractivity contribution in [2.24, 2.45) is 0 Å². The summed E-state index contributed by atoms with van der Waals surface area (Å²) in [7, 11) is 1.61. The fourth-order valence-corrected chi connectivity index (χ4v) is 2.67. The number of Topliss-reactive ketones (excluding diaryl/α,β-unsaturated/α-hetero) is 1. The molecule has 0 saturated heterocycles. The maximum Gasteiger partial charge on any atom is 0.168 e. The Balaban J connectivity index is 2.20. The molecule has 0 N–H and O–H groups in total. The van der Waals surface area contributed by atoms with Crippen molar-refractivity contribution in [2.75, 3.05) is 13.7 Å². The molecule has 110 valence electrons. The summed E-state index contributed by atoms with van der Waals surface area (Å²) < 4.78 is 11.4. The van der Waals surface area contributed by atoms with Crippen LogP contribution < -0.4 is 9.47 Å². The van der Waals surface area contributed by atoms with Gasteiger partial charge in [-0.3, -0.25) is 4.79 Å². The van der Waals surface area contributed by atoms with Gasteiger partial charge in [-0.1, -0.05) is 18.2 Å². The molecular weight excluding hydrogens is 332 g/mol. The van der Waals surface area contributed by atoms with Crippen LogP contribution in [0.2, 0.25) is 0 Å². The van der Waals surface area contributed by atoms with Crippen LogP contribution in [0.4, 0.5) is 0 Å². The highest BCUT2D eigenvalue weighted by atomic mass is 79.9. The van der Waals surface area contributed by atoms with Crippen molar-refractivity contribution >= 4 is 21.7 Å². The average Bonchev–Trinajstić information content (AvgIpc) is 2.48. The van der Waals surface area contributed by atoms with Crippen LogP contribution >= 0.6 is 15.9 Å². The second-order valence-electron chi connectivity index (χ2n) is 4.49. The lowest BCUT2D eigenvalue weighted by molar-refractivity contribution is 0.0991. The number of para-hydroxylation sites is 1. The van der Waals surface area contributed by atoms with Crippen molar-refractivity contribution < 1.29 is 14.3 Å². The number of halogens is 1. The molecule has 0 heterocycles. The van der Waals surface area contributed by atoms with Gasteiger partial charge in [0.05, 0.1) is 13.7 Å². The lowest BCUT2D eigenvalue weighted by atomic mass is 10.0. The van der Waals surface area contributed by atoms with E-state index >= 15 is 0 Å². The number of carbonyl (C=O) groups excluding carboxylic acids is 1. The standard InChI is InChI=1S/C17H17BrO3/c1-3-21-13-8-9-14(15(18)11-13)16(19)10-12-6-4-5-7-17(12)20-2/h4-9,11H,3,10H2,1-2H3. The molecule has 0 bridgehead atoms. The van der Waals surface area contributed by atoms with Gasteiger partial charge in [-0.15, -0.1) is 0 Å². The Morgan fingerprint density at radius 1 is 1.19 bits per heavy atom. The van der Waals surface area contributed by atoms with E-state index in [1.54, 1.807) is 13.2 Å². The van der Waals surface area contributed by atoms with Gasteiger partial charge in [-0.25, -0.2) is 0 Å². The van der Waals surface area contributed by atoms with Crippen molar-refractivity contribution in [3.8, 4) is 11.5 Å². The summed E-state index contributed by atoms with van der Waals surface area (Å²) in [6.07, 6.45) is 0.302. The summed E-state index contributed by atoms with van der Waals surface area (Å²) in [5.74, 6) is 1.51. The quantitative estimate of drug-likeness (QED) is 0.730. The van der Waals surface area contributed by atoms with Crippen molar-refractivity contribution in [3.05, 3.63) is 58.1 Å². The Kier molecular flexibility index (Phi) is 5.39. The van der Waals surface area contributed by atoms with Gasteiger partial charge in [-0.05, 0) is 47.1 Å². The summed E-state index contributed by atoms with van der Waals surface area (Å²) in [5, 5.41) is 0. The molecule has 2 aromatic carbocycles. The molecule has 0 amide bonds. The number of carbonyl (C=O) groups is 1. The molecule has 0 saturated carbocycles. The van der Waals surface area contributed by atoms with Gasteiger partial charge in [0.25, 0.3) is 0 Å². The second-order valence-corrected chi connectivity index (χ2v) is 5.34. The molecule has 0 unspecified atom stereocenters. The molecule has 4 heteroatoms. The van der Waals surface area contributed by atoms with Crippen molar-refractivity contribution in [2.45, 2.75) is 13.3 Å². The van der Waals surface area contributed by atoms with Gasteiger partial charge in [0.1, 0.15) is 11.5 Å². The first-order valence-corrected chi connectivity index (χ1v) is 7.52. The van der Waals surface area contributed by atoms with Crippen molar-refractivity contribution in [1.82, 2.24) is 0 Å². The summed E-state index contributed by atoms with van der Waals surface area (Å²) >= 11 is 3.43. The second kappa shape index (κ2) is 7.27. The van der Waals surface area contributed by atoms with Gasteiger partial charge < -0.3 is 9.47 Å². The summed E-state index contributed by atoms with van der Waals surface area (Å²) in [6, 6.07) is 13.0. The number of methoxy groups -OCH3 is 1. The Hall–Kier alpha value is -1.81. The van der Waals surface area contributed by atoms with Gasteiger partial charge >= 0.3 is 0 Å². The SMILES string of the molecule is CCOc1ccc(C(=O)Cc2ccccc2OC)c(Br)c1. The predicted molar refractivity (Wildman–Crippen MR) is 86.3 cm³/mol. The number of benzene rings is 2. The fourth-order valence-electron chi connectivity index (χ4n) is 2.10. The van der Waals surface area contributed by atoms with Crippen LogP contribution in [0.3, 0.4) is 0 Å². The molecule has 0 aliphatic carbocycles. The van der Waals surface area contributed by atoms with E-state index in [4.69, 9.17) is 9.47 Å². The number of rotatable bonds is 6. The third kappa shape index (κ3) is 3.85. The number of ketones is 1. The zero-order chi connectivity index (χ0) is 15.2. The van der Waals surface area contributed by atoms with Gasteiger partial charge in [0.2, 0.25) is 0 Å². The molecule has 0 aliphatic rings. The smallest absolute Gasteiger partial charge is 0.168 e. The Morgan fingerprint density at radius 3 is 2.62 bits per heavy atom. The first kappa shape index (κ1) is 15.6. The maximum atomic E-state index is 12.4. The normalized spacial score (nSPS) is 10.2. The van der Waals surface area contributed by atoms with Crippen molar-refractivity contribution in [1.29, 1.82) is 0 Å². The van der Waals surface area contributed by atoms with Gasteiger partial charge in [0, 0.05) is 22.0 Å². The van der Waals surface area contributed by atoms with Gasteiger partial charge in [-0.2, -0.15) is 0 Å². The van der Waals surface area contributed by atoms with E-state index in [9.17, 15) is 4.79 Å². The largest absolute Gasteiger partial charge is 0.496 e. The van der Waals surface area contributed by atoms with E-state index in [1.165, 1.54) is 0 Å². The van der Waals surface area contributed by atoms with E-state index in [0.29, 0.717) is 18.6 Å². The van der Waals surface area contributed by atoms with Crippen LogP contribution in [-0.2, 0) is 6.42 Å². The third-order valence-electron chi connectivity index (χ3n) is 3.10. The zero-order valence-corrected chi connectivity index (χ0v) is 13.6. The maximum absolute atomic E-state index is 12.4. The summed E-state index contributed by atoms with van der Waals surface area (Å²) in [4.78, 5) is 12.4. The molecule has 0 atom stereocenters. The van der Waals surface area contributed by atoms with Crippen LogP contribution in [0.5, 0.6) is 11.5 Å². The molecule has 0 fully saturated rings. The number of hydrogen-bond acceptors (Lipinski definition) is 3. The van der Waals surface area contributed by atoms with Crippen LogP contribution in [0, 0.1) is 0 Å². The van der Waals surface area contributed by atoms with Crippen molar-refractivity contribution in [3.63, 3.8) is 0 Å². The molecule has 0 aromatic heterocycles. The minimum atomic E-state index is 0.0365. The highest BCUT2D eigenvalue weighted by molar-refractivity contribution is 9.10. The zero-order valence-electron chi connectivity index (χ0n) is 12.1. The summed E-state index contributed by atoms with van der Waals surface area (Å²) in [5.41, 5.74) is 1.52. The Labute approximate surface area is 133 Å². The highest BCUT2D eigenvalue weighted by Crippen LogP contribution is 2.26. The Bertz CT molecular complexity index is 638. The van der Waals surface area contributed by atoms with Gasteiger partial charge in [0.15, 0.2) is 5.78 Å². The number of ether oxygens (including phenoxy) is 2. The molecule has 2 aromatic rings. The van der Waals surface area contributed by atoms with E-state index in [0.717, 1.165) is 21.5 Å². The molecule has 21 heavy (non-hydrogen) atoms. The molecular formula is C17H17BrO3. The molecule has 0 spiro atoms. The summed E-state index contributed by atoms with van der Waals surface area (Å²) in [6.45, 7) is 2.52.